The number of amides is 2. The number of nitrogens with zero attached hydrogens (tertiary/aromatic N) is 1. The minimum absolute atomic E-state index is 0.0848. The summed E-state index contributed by atoms with van der Waals surface area (Å²) in [4.78, 5) is 38.6. The van der Waals surface area contributed by atoms with Gasteiger partial charge in [-0.05, 0) is 48.7 Å². The van der Waals surface area contributed by atoms with Gasteiger partial charge in [0.15, 0.2) is 6.61 Å². The molecule has 1 saturated heterocycles. The van der Waals surface area contributed by atoms with Crippen LogP contribution < -0.4 is 10.2 Å². The van der Waals surface area contributed by atoms with E-state index in [0.717, 1.165) is 27.7 Å². The van der Waals surface area contributed by atoms with E-state index in [1.54, 1.807) is 11.0 Å². The number of esters is 1. The summed E-state index contributed by atoms with van der Waals surface area (Å²) in [6, 6.07) is 13.1. The molecule has 0 saturated carbocycles. The van der Waals surface area contributed by atoms with Gasteiger partial charge in [-0.25, -0.2) is 0 Å². The van der Waals surface area contributed by atoms with Crippen LogP contribution in [0.25, 0.3) is 0 Å². The number of para-hydroxylation sites is 1. The molecule has 7 heteroatoms. The molecule has 1 atom stereocenters. The van der Waals surface area contributed by atoms with Crippen molar-refractivity contribution >= 4 is 45.1 Å². The van der Waals surface area contributed by atoms with Crippen LogP contribution in [-0.2, 0) is 25.5 Å². The molecule has 0 unspecified atom stereocenters. The minimum atomic E-state index is -0.575. The lowest BCUT2D eigenvalue weighted by Crippen LogP contribution is -2.28. The quantitative estimate of drug-likeness (QED) is 0.666. The molecule has 2 aromatic rings. The summed E-state index contributed by atoms with van der Waals surface area (Å²) in [6.45, 7) is 3.80. The number of hydrogen-bond acceptors (Lipinski definition) is 4. The van der Waals surface area contributed by atoms with E-state index in [1.807, 2.05) is 50.2 Å². The Bertz CT molecular complexity index is 944. The number of carbonyl (C=O) groups excluding carboxylic acids is 3. The Morgan fingerprint density at radius 3 is 2.72 bits per heavy atom. The van der Waals surface area contributed by atoms with Gasteiger partial charge in [-0.1, -0.05) is 41.1 Å². The van der Waals surface area contributed by atoms with E-state index in [4.69, 9.17) is 4.74 Å². The van der Waals surface area contributed by atoms with Crippen molar-refractivity contribution in [3.8, 4) is 0 Å². The van der Waals surface area contributed by atoms with E-state index in [-0.39, 0.29) is 25.5 Å². The molecule has 1 aliphatic rings. The fraction of sp³-hybridized carbons (Fsp3) is 0.318. The highest BCUT2D eigenvalue weighted by molar-refractivity contribution is 9.10. The van der Waals surface area contributed by atoms with Gasteiger partial charge < -0.3 is 15.0 Å². The highest BCUT2D eigenvalue weighted by Crippen LogP contribution is 2.28. The van der Waals surface area contributed by atoms with E-state index in [0.29, 0.717) is 5.69 Å². The molecule has 2 amide bonds. The largest absolute Gasteiger partial charge is 0.455 e. The average molecular weight is 459 g/mol. The van der Waals surface area contributed by atoms with Crippen molar-refractivity contribution in [2.75, 3.05) is 23.4 Å². The lowest BCUT2D eigenvalue weighted by atomic mass is 10.1. The van der Waals surface area contributed by atoms with Gasteiger partial charge in [0.2, 0.25) is 5.91 Å². The maximum Gasteiger partial charge on any atom is 0.311 e. The number of nitrogens with one attached hydrogen (secondary N) is 1. The second-order valence-corrected chi connectivity index (χ2v) is 7.92. The Kier molecular flexibility index (Phi) is 6.69. The third kappa shape index (κ3) is 5.03. The average Bonchev–Trinajstić information content (AvgIpc) is 3.09. The Balaban J connectivity index is 1.55. The topological polar surface area (TPSA) is 75.7 Å². The maximum atomic E-state index is 12.4. The molecule has 0 bridgehead atoms. The first-order chi connectivity index (χ1) is 13.9. The molecular weight excluding hydrogens is 436 g/mol. The van der Waals surface area contributed by atoms with E-state index in [2.05, 4.69) is 21.2 Å². The first-order valence-electron chi connectivity index (χ1n) is 9.50. The van der Waals surface area contributed by atoms with Crippen molar-refractivity contribution in [1.29, 1.82) is 0 Å². The Morgan fingerprint density at radius 1 is 1.24 bits per heavy atom. The standard InChI is InChI=1S/C22H23BrN2O4/c1-3-15-10-17(23)8-9-18(15)24-20(26)13-29-22(28)16-11-21(27)25(12-16)19-7-5-4-6-14(19)2/h4-10,16H,3,11-13H2,1-2H3,(H,24,26)/t16-/m0/s1. The van der Waals surface area contributed by atoms with Crippen LogP contribution in [0.2, 0.25) is 0 Å². The summed E-state index contributed by atoms with van der Waals surface area (Å²) in [7, 11) is 0. The number of halogens is 1. The Hall–Kier alpha value is -2.67. The van der Waals surface area contributed by atoms with E-state index >= 15 is 0 Å². The minimum Gasteiger partial charge on any atom is -0.455 e. The number of ether oxygens (including phenoxy) is 1. The highest BCUT2D eigenvalue weighted by atomic mass is 79.9. The maximum absolute atomic E-state index is 12.4. The molecule has 152 valence electrons. The summed E-state index contributed by atoms with van der Waals surface area (Å²) in [5, 5.41) is 2.77. The molecule has 29 heavy (non-hydrogen) atoms. The van der Waals surface area contributed by atoms with Crippen LogP contribution in [0.4, 0.5) is 11.4 Å². The molecular formula is C22H23BrN2O4. The van der Waals surface area contributed by atoms with Crippen LogP contribution in [0, 0.1) is 12.8 Å². The van der Waals surface area contributed by atoms with Crippen molar-refractivity contribution < 1.29 is 19.1 Å². The molecule has 1 N–H and O–H groups in total. The lowest BCUT2D eigenvalue weighted by molar-refractivity contribution is -0.151. The lowest BCUT2D eigenvalue weighted by Gasteiger charge is -2.18. The molecule has 0 aromatic heterocycles. The van der Waals surface area contributed by atoms with Crippen LogP contribution >= 0.6 is 15.9 Å². The summed E-state index contributed by atoms with van der Waals surface area (Å²) in [5.41, 5.74) is 3.44. The smallest absolute Gasteiger partial charge is 0.311 e. The third-order valence-electron chi connectivity index (χ3n) is 4.93. The normalized spacial score (nSPS) is 16.0. The summed E-state index contributed by atoms with van der Waals surface area (Å²) < 4.78 is 6.11. The molecule has 6 nitrogen and oxygen atoms in total. The number of aryl methyl sites for hydroxylation is 2. The molecule has 1 fully saturated rings. The Labute approximate surface area is 178 Å². The van der Waals surface area contributed by atoms with Crippen molar-refractivity contribution in [3.05, 3.63) is 58.1 Å². The first kappa shape index (κ1) is 21.0. The van der Waals surface area contributed by atoms with Gasteiger partial charge in [0.25, 0.3) is 5.91 Å². The number of benzene rings is 2. The zero-order valence-corrected chi connectivity index (χ0v) is 18.0. The second kappa shape index (κ2) is 9.22. The van der Waals surface area contributed by atoms with Gasteiger partial charge in [-0.3, -0.25) is 14.4 Å². The van der Waals surface area contributed by atoms with Gasteiger partial charge in [-0.2, -0.15) is 0 Å². The molecule has 0 aliphatic carbocycles. The number of anilines is 2. The zero-order valence-electron chi connectivity index (χ0n) is 16.4. The molecule has 3 rings (SSSR count). The monoisotopic (exact) mass is 458 g/mol. The van der Waals surface area contributed by atoms with Crippen molar-refractivity contribution in [2.45, 2.75) is 26.7 Å². The van der Waals surface area contributed by atoms with Crippen molar-refractivity contribution in [2.24, 2.45) is 5.92 Å². The van der Waals surface area contributed by atoms with E-state index in [9.17, 15) is 14.4 Å². The number of rotatable bonds is 6. The highest BCUT2D eigenvalue weighted by Gasteiger charge is 2.36. The summed E-state index contributed by atoms with van der Waals surface area (Å²) >= 11 is 3.41. The van der Waals surface area contributed by atoms with E-state index in [1.165, 1.54) is 0 Å². The Morgan fingerprint density at radius 2 is 2.00 bits per heavy atom. The van der Waals surface area contributed by atoms with Crippen LogP contribution in [0.1, 0.15) is 24.5 Å². The van der Waals surface area contributed by atoms with Crippen LogP contribution in [-0.4, -0.2) is 30.9 Å². The molecule has 1 heterocycles. The number of hydrogen-bond donors (Lipinski definition) is 1. The van der Waals surface area contributed by atoms with Crippen LogP contribution in [0.5, 0.6) is 0 Å². The molecule has 1 aliphatic heterocycles. The predicted octanol–water partition coefficient (Wildman–Crippen LogP) is 3.85. The number of carbonyl (C=O) groups is 3. The van der Waals surface area contributed by atoms with Crippen LogP contribution in [0.3, 0.4) is 0 Å². The van der Waals surface area contributed by atoms with Crippen molar-refractivity contribution in [3.63, 3.8) is 0 Å². The van der Waals surface area contributed by atoms with Gasteiger partial charge >= 0.3 is 5.97 Å². The zero-order chi connectivity index (χ0) is 21.0. The van der Waals surface area contributed by atoms with Crippen molar-refractivity contribution in [1.82, 2.24) is 0 Å². The van der Waals surface area contributed by atoms with Gasteiger partial charge in [-0.15, -0.1) is 0 Å². The van der Waals surface area contributed by atoms with Gasteiger partial charge in [0, 0.05) is 28.8 Å². The second-order valence-electron chi connectivity index (χ2n) is 7.00. The fourth-order valence-corrected chi connectivity index (χ4v) is 3.79. The summed E-state index contributed by atoms with van der Waals surface area (Å²) in [5.74, 6) is -1.63. The third-order valence-corrected chi connectivity index (χ3v) is 5.43. The molecule has 2 aromatic carbocycles. The summed E-state index contributed by atoms with van der Waals surface area (Å²) in [6.07, 6.45) is 0.843. The predicted molar refractivity (Wildman–Crippen MR) is 115 cm³/mol. The SMILES string of the molecule is CCc1cc(Br)ccc1NC(=O)COC(=O)[C@H]1CC(=O)N(c2ccccc2C)C1. The fourth-order valence-electron chi connectivity index (χ4n) is 3.38. The van der Waals surface area contributed by atoms with Gasteiger partial charge in [0.05, 0.1) is 5.92 Å². The molecule has 0 radical (unpaired) electrons. The van der Waals surface area contributed by atoms with Crippen LogP contribution in [0.15, 0.2) is 46.9 Å². The first-order valence-corrected chi connectivity index (χ1v) is 10.3. The van der Waals surface area contributed by atoms with E-state index < -0.39 is 17.8 Å². The van der Waals surface area contributed by atoms with Gasteiger partial charge in [0.1, 0.15) is 0 Å². The molecule has 0 spiro atoms.